The highest BCUT2D eigenvalue weighted by Crippen LogP contribution is 2.36. The number of carbonyl (C=O) groups excluding carboxylic acids is 1. The Morgan fingerprint density at radius 3 is 2.86 bits per heavy atom. The molecule has 1 amide bonds. The van der Waals surface area contributed by atoms with Gasteiger partial charge in [-0.05, 0) is 32.2 Å². The van der Waals surface area contributed by atoms with Crippen LogP contribution in [-0.4, -0.2) is 46.9 Å². The summed E-state index contributed by atoms with van der Waals surface area (Å²) in [6.07, 6.45) is 5.71. The van der Waals surface area contributed by atoms with Crippen LogP contribution in [0.3, 0.4) is 0 Å². The topological polar surface area (TPSA) is 91.3 Å². The van der Waals surface area contributed by atoms with Crippen molar-refractivity contribution in [2.24, 2.45) is 5.41 Å². The third-order valence-corrected chi connectivity index (χ3v) is 4.62. The number of nitrogens with one attached hydrogen (secondary N) is 2. The molecule has 2 aliphatic heterocycles. The van der Waals surface area contributed by atoms with Crippen molar-refractivity contribution in [2.45, 2.75) is 25.7 Å². The van der Waals surface area contributed by atoms with E-state index in [9.17, 15) is 14.9 Å². The zero-order valence-electron chi connectivity index (χ0n) is 11.9. The second-order valence-electron chi connectivity index (χ2n) is 6.14. The van der Waals surface area contributed by atoms with Crippen molar-refractivity contribution in [1.29, 1.82) is 0 Å². The van der Waals surface area contributed by atoms with Crippen molar-refractivity contribution >= 4 is 11.6 Å². The summed E-state index contributed by atoms with van der Waals surface area (Å²) in [6.45, 7) is 3.49. The molecule has 1 unspecified atom stereocenters. The Labute approximate surface area is 122 Å². The maximum atomic E-state index is 12.5. The van der Waals surface area contributed by atoms with E-state index in [1.165, 1.54) is 12.3 Å². The van der Waals surface area contributed by atoms with Gasteiger partial charge in [0.1, 0.15) is 5.69 Å². The number of piperidine rings is 2. The van der Waals surface area contributed by atoms with E-state index in [-0.39, 0.29) is 17.0 Å². The van der Waals surface area contributed by atoms with E-state index in [0.29, 0.717) is 5.69 Å². The quantitative estimate of drug-likeness (QED) is 0.638. The van der Waals surface area contributed by atoms with Gasteiger partial charge in [0.25, 0.3) is 11.6 Å². The minimum atomic E-state index is -0.490. The molecule has 0 radical (unpaired) electrons. The van der Waals surface area contributed by atoms with E-state index in [1.54, 1.807) is 0 Å². The largest absolute Gasteiger partial charge is 0.351 e. The van der Waals surface area contributed by atoms with Crippen molar-refractivity contribution in [3.8, 4) is 0 Å². The third kappa shape index (κ3) is 2.78. The second kappa shape index (κ2) is 5.48. The van der Waals surface area contributed by atoms with Gasteiger partial charge in [-0.25, -0.2) is 0 Å². The SMILES string of the molecule is O=C(c1cc([N+](=O)[O-])c[nH]1)N1CCCC2(CCCNC2)C1. The summed E-state index contributed by atoms with van der Waals surface area (Å²) in [5, 5.41) is 14.1. The lowest BCUT2D eigenvalue weighted by Gasteiger charge is -2.45. The smallest absolute Gasteiger partial charge is 0.287 e. The molecule has 7 heteroatoms. The predicted molar refractivity (Wildman–Crippen MR) is 77.1 cm³/mol. The fourth-order valence-electron chi connectivity index (χ4n) is 3.54. The number of likely N-dealkylation sites (tertiary alicyclic amines) is 1. The average molecular weight is 292 g/mol. The lowest BCUT2D eigenvalue weighted by atomic mass is 9.74. The number of carbonyl (C=O) groups is 1. The minimum absolute atomic E-state index is 0.0654. The van der Waals surface area contributed by atoms with E-state index < -0.39 is 4.92 Å². The number of nitro groups is 1. The number of nitrogens with zero attached hydrogens (tertiary/aromatic N) is 2. The maximum absolute atomic E-state index is 12.5. The molecule has 1 spiro atoms. The molecule has 0 aliphatic carbocycles. The number of aromatic amines is 1. The van der Waals surface area contributed by atoms with E-state index in [2.05, 4.69) is 10.3 Å². The number of aromatic nitrogens is 1. The lowest BCUT2D eigenvalue weighted by Crippen LogP contribution is -2.52. The number of hydrogen-bond acceptors (Lipinski definition) is 4. The first-order valence-corrected chi connectivity index (χ1v) is 7.42. The van der Waals surface area contributed by atoms with Crippen LogP contribution >= 0.6 is 0 Å². The van der Waals surface area contributed by atoms with E-state index in [1.807, 2.05) is 4.90 Å². The van der Waals surface area contributed by atoms with E-state index in [4.69, 9.17) is 0 Å². The van der Waals surface area contributed by atoms with Gasteiger partial charge in [0.05, 0.1) is 11.1 Å². The molecular weight excluding hydrogens is 272 g/mol. The van der Waals surface area contributed by atoms with E-state index in [0.717, 1.165) is 51.9 Å². The molecule has 3 rings (SSSR count). The van der Waals surface area contributed by atoms with Crippen LogP contribution in [0.2, 0.25) is 0 Å². The Morgan fingerprint density at radius 2 is 2.19 bits per heavy atom. The Morgan fingerprint density at radius 1 is 1.38 bits per heavy atom. The van der Waals surface area contributed by atoms with Gasteiger partial charge in [-0.15, -0.1) is 0 Å². The monoisotopic (exact) mass is 292 g/mol. The molecule has 114 valence electrons. The molecule has 2 fully saturated rings. The molecule has 2 aliphatic rings. The number of hydrogen-bond donors (Lipinski definition) is 2. The summed E-state index contributed by atoms with van der Waals surface area (Å²) in [5.74, 6) is -0.132. The molecule has 0 aromatic carbocycles. The number of amides is 1. The molecule has 3 heterocycles. The van der Waals surface area contributed by atoms with Gasteiger partial charge in [0.2, 0.25) is 0 Å². The molecule has 1 aromatic rings. The van der Waals surface area contributed by atoms with Crippen molar-refractivity contribution in [1.82, 2.24) is 15.2 Å². The molecule has 2 N–H and O–H groups in total. The van der Waals surface area contributed by atoms with Crippen LogP contribution < -0.4 is 5.32 Å². The van der Waals surface area contributed by atoms with Crippen LogP contribution in [0.1, 0.15) is 36.2 Å². The van der Waals surface area contributed by atoms with Gasteiger partial charge in [0.15, 0.2) is 0 Å². The Kier molecular flexibility index (Phi) is 3.67. The van der Waals surface area contributed by atoms with Gasteiger partial charge in [0, 0.05) is 31.1 Å². The molecule has 1 atom stereocenters. The van der Waals surface area contributed by atoms with Gasteiger partial charge >= 0.3 is 0 Å². The maximum Gasteiger partial charge on any atom is 0.287 e. The van der Waals surface area contributed by atoms with Crippen molar-refractivity contribution in [3.63, 3.8) is 0 Å². The van der Waals surface area contributed by atoms with Gasteiger partial charge in [-0.3, -0.25) is 14.9 Å². The highest BCUT2D eigenvalue weighted by atomic mass is 16.6. The highest BCUT2D eigenvalue weighted by Gasteiger charge is 2.38. The van der Waals surface area contributed by atoms with Crippen LogP contribution in [0.15, 0.2) is 12.3 Å². The standard InChI is InChI=1S/C14H20N4O3/c19-13(12-7-11(8-16-12)18(20)21)17-6-2-4-14(10-17)3-1-5-15-9-14/h7-8,15-16H,1-6,9-10H2. The normalized spacial score (nSPS) is 26.0. The Balaban J connectivity index is 1.73. The fourth-order valence-corrected chi connectivity index (χ4v) is 3.54. The molecule has 7 nitrogen and oxygen atoms in total. The highest BCUT2D eigenvalue weighted by molar-refractivity contribution is 5.93. The second-order valence-corrected chi connectivity index (χ2v) is 6.14. The summed E-state index contributed by atoms with van der Waals surface area (Å²) >= 11 is 0. The number of rotatable bonds is 2. The number of H-pyrrole nitrogens is 1. The van der Waals surface area contributed by atoms with Crippen molar-refractivity contribution in [3.05, 3.63) is 28.1 Å². The van der Waals surface area contributed by atoms with Crippen molar-refractivity contribution < 1.29 is 9.72 Å². The summed E-state index contributed by atoms with van der Waals surface area (Å²) < 4.78 is 0. The molecular formula is C14H20N4O3. The molecule has 21 heavy (non-hydrogen) atoms. The molecule has 2 saturated heterocycles. The predicted octanol–water partition coefficient (Wildman–Crippen LogP) is 1.53. The fraction of sp³-hybridized carbons (Fsp3) is 0.643. The van der Waals surface area contributed by atoms with Crippen molar-refractivity contribution in [2.75, 3.05) is 26.2 Å². The van der Waals surface area contributed by atoms with Crippen LogP contribution in [0.4, 0.5) is 5.69 Å². The minimum Gasteiger partial charge on any atom is -0.351 e. The van der Waals surface area contributed by atoms with Crippen LogP contribution in [0.25, 0.3) is 0 Å². The third-order valence-electron chi connectivity index (χ3n) is 4.62. The van der Waals surface area contributed by atoms with Crippen LogP contribution in [0.5, 0.6) is 0 Å². The zero-order chi connectivity index (χ0) is 14.9. The summed E-state index contributed by atoms with van der Waals surface area (Å²) in [5.41, 5.74) is 0.428. The first-order valence-electron chi connectivity index (χ1n) is 7.42. The average Bonchev–Trinajstić information content (AvgIpc) is 2.97. The molecule has 1 aromatic heterocycles. The summed E-state index contributed by atoms with van der Waals surface area (Å²) in [7, 11) is 0. The molecule has 0 saturated carbocycles. The van der Waals surface area contributed by atoms with Gasteiger partial charge in [-0.1, -0.05) is 0 Å². The summed E-state index contributed by atoms with van der Waals surface area (Å²) in [6, 6.07) is 1.32. The first kappa shape index (κ1) is 14.1. The lowest BCUT2D eigenvalue weighted by molar-refractivity contribution is -0.384. The Hall–Kier alpha value is -1.89. The van der Waals surface area contributed by atoms with E-state index >= 15 is 0 Å². The van der Waals surface area contributed by atoms with Crippen LogP contribution in [-0.2, 0) is 0 Å². The summed E-state index contributed by atoms with van der Waals surface area (Å²) in [4.78, 5) is 27.3. The first-order chi connectivity index (χ1) is 10.1. The Bertz CT molecular complexity index is 543. The molecule has 0 bridgehead atoms. The van der Waals surface area contributed by atoms with Crippen LogP contribution in [0, 0.1) is 15.5 Å². The van der Waals surface area contributed by atoms with Gasteiger partial charge < -0.3 is 15.2 Å². The van der Waals surface area contributed by atoms with Gasteiger partial charge in [-0.2, -0.15) is 0 Å². The zero-order valence-corrected chi connectivity index (χ0v) is 11.9.